The summed E-state index contributed by atoms with van der Waals surface area (Å²) in [6.07, 6.45) is 1.54. The van der Waals surface area contributed by atoms with Gasteiger partial charge in [-0.25, -0.2) is 0 Å². The lowest BCUT2D eigenvalue weighted by atomic mass is 10.1. The van der Waals surface area contributed by atoms with Crippen molar-refractivity contribution in [2.75, 3.05) is 21.2 Å². The summed E-state index contributed by atoms with van der Waals surface area (Å²) < 4.78 is 11.0. The highest BCUT2D eigenvalue weighted by atomic mass is 32.1. The minimum Gasteiger partial charge on any atom is -0.493 e. The van der Waals surface area contributed by atoms with Crippen LogP contribution in [0.3, 0.4) is 0 Å². The molecule has 1 saturated heterocycles. The third kappa shape index (κ3) is 3.41. The molecule has 1 fully saturated rings. The average molecular weight is 348 g/mol. The number of hydrogen-bond donors (Lipinski definition) is 0. The summed E-state index contributed by atoms with van der Waals surface area (Å²) in [4.78, 5) is 27.2. The Hall–Kier alpha value is -2.41. The minimum atomic E-state index is -0.426. The Morgan fingerprint density at radius 1 is 1.08 bits per heavy atom. The lowest BCUT2D eigenvalue weighted by Crippen LogP contribution is -2.52. The molecular formula is C17H20N2O4S. The zero-order valence-corrected chi connectivity index (χ0v) is 15.1. The van der Waals surface area contributed by atoms with Crippen LogP contribution in [0.4, 0.5) is 0 Å². The number of carbonyl (C=O) groups is 2. The van der Waals surface area contributed by atoms with E-state index in [0.29, 0.717) is 17.1 Å². The van der Waals surface area contributed by atoms with Crippen molar-refractivity contribution in [3.8, 4) is 11.5 Å². The van der Waals surface area contributed by atoms with E-state index in [1.165, 1.54) is 23.0 Å². The first-order chi connectivity index (χ1) is 11.3. The van der Waals surface area contributed by atoms with Gasteiger partial charge in [-0.1, -0.05) is 6.07 Å². The van der Waals surface area contributed by atoms with Gasteiger partial charge < -0.3 is 9.47 Å². The molecule has 1 heterocycles. The number of ether oxygens (including phenoxy) is 2. The summed E-state index contributed by atoms with van der Waals surface area (Å²) in [5.74, 6) is 0.284. The number of amides is 2. The number of carbonyl (C=O) groups excluding carboxylic acids is 2. The second kappa shape index (κ2) is 7.00. The van der Waals surface area contributed by atoms with E-state index in [1.54, 1.807) is 32.3 Å². The van der Waals surface area contributed by atoms with Crippen molar-refractivity contribution < 1.29 is 19.1 Å². The van der Waals surface area contributed by atoms with Crippen molar-refractivity contribution in [2.24, 2.45) is 0 Å². The van der Waals surface area contributed by atoms with Crippen LogP contribution >= 0.6 is 12.2 Å². The SMILES string of the molecule is COc1cc(C=C2C(=O)N(C)C(=S)N(C)C2=O)ccc1OC(C)C. The molecule has 0 atom stereocenters. The Morgan fingerprint density at radius 3 is 2.17 bits per heavy atom. The van der Waals surface area contributed by atoms with Gasteiger partial charge in [0.25, 0.3) is 11.8 Å². The smallest absolute Gasteiger partial charge is 0.265 e. The Kier molecular flexibility index (Phi) is 5.23. The number of thiocarbonyl (C=S) groups is 1. The molecule has 1 aliphatic heterocycles. The molecule has 6 nitrogen and oxygen atoms in total. The maximum atomic E-state index is 12.3. The predicted octanol–water partition coefficient (Wildman–Crippen LogP) is 2.08. The molecule has 1 aliphatic rings. The lowest BCUT2D eigenvalue weighted by molar-refractivity contribution is -0.132. The molecule has 0 spiro atoms. The van der Waals surface area contributed by atoms with E-state index in [0.717, 1.165) is 0 Å². The summed E-state index contributed by atoms with van der Waals surface area (Å²) in [5.41, 5.74) is 0.711. The summed E-state index contributed by atoms with van der Waals surface area (Å²) >= 11 is 5.07. The standard InChI is InChI=1S/C17H20N2O4S/c1-10(2)23-13-7-6-11(9-14(13)22-5)8-12-15(20)18(3)17(24)19(4)16(12)21/h6-10H,1-5H3. The molecule has 7 heteroatoms. The van der Waals surface area contributed by atoms with Crippen LogP contribution < -0.4 is 9.47 Å². The number of likely N-dealkylation sites (N-methyl/N-ethyl adjacent to an activating group) is 2. The van der Waals surface area contributed by atoms with Crippen LogP contribution in [0.5, 0.6) is 11.5 Å². The van der Waals surface area contributed by atoms with Gasteiger partial charge in [0.05, 0.1) is 13.2 Å². The Balaban J connectivity index is 2.41. The molecular weight excluding hydrogens is 328 g/mol. The summed E-state index contributed by atoms with van der Waals surface area (Å²) in [6.45, 7) is 3.84. The highest BCUT2D eigenvalue weighted by Gasteiger charge is 2.35. The summed E-state index contributed by atoms with van der Waals surface area (Å²) in [7, 11) is 4.62. The van der Waals surface area contributed by atoms with Gasteiger partial charge in [0.1, 0.15) is 5.57 Å². The van der Waals surface area contributed by atoms with Crippen molar-refractivity contribution in [3.05, 3.63) is 29.3 Å². The van der Waals surface area contributed by atoms with Crippen LogP contribution in [0.1, 0.15) is 19.4 Å². The second-order valence-electron chi connectivity index (χ2n) is 5.65. The van der Waals surface area contributed by atoms with Gasteiger partial charge >= 0.3 is 0 Å². The molecule has 0 saturated carbocycles. The van der Waals surface area contributed by atoms with Gasteiger partial charge in [-0.2, -0.15) is 0 Å². The van der Waals surface area contributed by atoms with Crippen LogP contribution in [0, 0.1) is 0 Å². The monoisotopic (exact) mass is 348 g/mol. The van der Waals surface area contributed by atoms with Crippen LogP contribution in [0.25, 0.3) is 6.08 Å². The quantitative estimate of drug-likeness (QED) is 0.474. The minimum absolute atomic E-state index is 0.00733. The van der Waals surface area contributed by atoms with Crippen molar-refractivity contribution in [1.29, 1.82) is 0 Å². The van der Waals surface area contributed by atoms with E-state index < -0.39 is 11.8 Å². The largest absolute Gasteiger partial charge is 0.493 e. The van der Waals surface area contributed by atoms with E-state index >= 15 is 0 Å². The molecule has 0 unspecified atom stereocenters. The number of hydrogen-bond acceptors (Lipinski definition) is 5. The van der Waals surface area contributed by atoms with E-state index in [9.17, 15) is 9.59 Å². The number of benzene rings is 1. The van der Waals surface area contributed by atoms with Gasteiger partial charge in [-0.3, -0.25) is 19.4 Å². The van der Waals surface area contributed by atoms with Gasteiger partial charge in [0.2, 0.25) is 0 Å². The zero-order chi connectivity index (χ0) is 18.0. The molecule has 2 rings (SSSR count). The molecule has 128 valence electrons. The molecule has 24 heavy (non-hydrogen) atoms. The van der Waals surface area contributed by atoms with Crippen LogP contribution in [0.2, 0.25) is 0 Å². The van der Waals surface area contributed by atoms with Crippen LogP contribution in [-0.2, 0) is 9.59 Å². The first-order valence-electron chi connectivity index (χ1n) is 7.42. The average Bonchev–Trinajstić information content (AvgIpc) is 2.55. The van der Waals surface area contributed by atoms with Gasteiger partial charge in [0, 0.05) is 14.1 Å². The van der Waals surface area contributed by atoms with Crippen molar-refractivity contribution >= 4 is 35.2 Å². The molecule has 0 N–H and O–H groups in total. The van der Waals surface area contributed by atoms with Crippen molar-refractivity contribution in [1.82, 2.24) is 9.80 Å². The van der Waals surface area contributed by atoms with Gasteiger partial charge in [-0.05, 0) is 49.8 Å². The lowest BCUT2D eigenvalue weighted by Gasteiger charge is -2.31. The molecule has 1 aromatic carbocycles. The normalized spacial score (nSPS) is 15.2. The van der Waals surface area contributed by atoms with Crippen molar-refractivity contribution in [2.45, 2.75) is 20.0 Å². The van der Waals surface area contributed by atoms with E-state index in [4.69, 9.17) is 21.7 Å². The number of nitrogens with zero attached hydrogens (tertiary/aromatic N) is 2. The number of methoxy groups -OCH3 is 1. The fourth-order valence-corrected chi connectivity index (χ4v) is 2.43. The first-order valence-corrected chi connectivity index (χ1v) is 7.83. The Labute approximate surface area is 146 Å². The highest BCUT2D eigenvalue weighted by molar-refractivity contribution is 7.80. The third-order valence-electron chi connectivity index (χ3n) is 3.51. The molecule has 1 aromatic rings. The first kappa shape index (κ1) is 17.9. The predicted molar refractivity (Wildman–Crippen MR) is 94.9 cm³/mol. The topological polar surface area (TPSA) is 59.1 Å². The third-order valence-corrected chi connectivity index (χ3v) is 4.05. The molecule has 2 amide bonds. The Morgan fingerprint density at radius 2 is 1.67 bits per heavy atom. The van der Waals surface area contributed by atoms with Crippen LogP contribution in [0.15, 0.2) is 23.8 Å². The molecule has 0 aliphatic carbocycles. The fourth-order valence-electron chi connectivity index (χ4n) is 2.27. The van der Waals surface area contributed by atoms with E-state index in [-0.39, 0.29) is 16.8 Å². The molecule has 0 bridgehead atoms. The van der Waals surface area contributed by atoms with Crippen LogP contribution in [-0.4, -0.2) is 54.0 Å². The van der Waals surface area contributed by atoms with E-state index in [1.807, 2.05) is 13.8 Å². The van der Waals surface area contributed by atoms with Crippen molar-refractivity contribution in [3.63, 3.8) is 0 Å². The molecule has 0 radical (unpaired) electrons. The maximum Gasteiger partial charge on any atom is 0.265 e. The number of rotatable bonds is 4. The summed E-state index contributed by atoms with van der Waals surface area (Å²) in [5, 5.41) is 0.181. The Bertz CT molecular complexity index is 701. The molecule has 0 aromatic heterocycles. The highest BCUT2D eigenvalue weighted by Crippen LogP contribution is 2.30. The summed E-state index contributed by atoms with van der Waals surface area (Å²) in [6, 6.07) is 5.24. The second-order valence-corrected chi connectivity index (χ2v) is 6.01. The van der Waals surface area contributed by atoms with Gasteiger partial charge in [0.15, 0.2) is 16.6 Å². The fraction of sp³-hybridized carbons (Fsp3) is 0.353. The zero-order valence-electron chi connectivity index (χ0n) is 14.3. The van der Waals surface area contributed by atoms with E-state index in [2.05, 4.69) is 0 Å². The maximum absolute atomic E-state index is 12.3. The van der Waals surface area contributed by atoms with Gasteiger partial charge in [-0.15, -0.1) is 0 Å².